The van der Waals surface area contributed by atoms with Crippen molar-refractivity contribution in [1.29, 1.82) is 0 Å². The summed E-state index contributed by atoms with van der Waals surface area (Å²) >= 11 is 6.07. The van der Waals surface area contributed by atoms with Gasteiger partial charge in [0, 0.05) is 23.7 Å². The summed E-state index contributed by atoms with van der Waals surface area (Å²) in [5.41, 5.74) is 1.30. The number of benzene rings is 2. The Morgan fingerprint density at radius 2 is 1.96 bits per heavy atom. The fraction of sp³-hybridized carbons (Fsp3) is 0.368. The van der Waals surface area contributed by atoms with E-state index in [1.165, 1.54) is 6.07 Å². The monoisotopic (exact) mass is 351 g/mol. The molecule has 0 saturated heterocycles. The van der Waals surface area contributed by atoms with E-state index in [0.29, 0.717) is 34.7 Å². The summed E-state index contributed by atoms with van der Waals surface area (Å²) in [6.45, 7) is 4.94. The van der Waals surface area contributed by atoms with Gasteiger partial charge in [0.1, 0.15) is 12.4 Å². The van der Waals surface area contributed by atoms with Crippen molar-refractivity contribution in [2.45, 2.75) is 39.5 Å². The first-order chi connectivity index (χ1) is 11.6. The molecule has 2 rings (SSSR count). The molecule has 0 aromatic heterocycles. The van der Waals surface area contributed by atoms with Crippen molar-refractivity contribution in [2.75, 3.05) is 7.11 Å². The van der Waals surface area contributed by atoms with Crippen LogP contribution in [-0.4, -0.2) is 13.2 Å². The molecular weight excluding hydrogens is 329 g/mol. The molecule has 2 aromatic rings. The Morgan fingerprint density at radius 3 is 2.62 bits per heavy atom. The lowest BCUT2D eigenvalue weighted by Gasteiger charge is -2.18. The Kier molecular flexibility index (Phi) is 6.88. The lowest BCUT2D eigenvalue weighted by Crippen LogP contribution is -2.24. The van der Waals surface area contributed by atoms with Crippen LogP contribution in [0.5, 0.6) is 11.5 Å². The number of methoxy groups -OCH3 is 1. The molecule has 0 amide bonds. The molecule has 0 unspecified atom stereocenters. The van der Waals surface area contributed by atoms with E-state index >= 15 is 0 Å². The number of halogens is 2. The van der Waals surface area contributed by atoms with Gasteiger partial charge >= 0.3 is 0 Å². The van der Waals surface area contributed by atoms with Crippen LogP contribution >= 0.6 is 11.6 Å². The predicted molar refractivity (Wildman–Crippen MR) is 95.3 cm³/mol. The van der Waals surface area contributed by atoms with Crippen LogP contribution in [0.2, 0.25) is 5.02 Å². The van der Waals surface area contributed by atoms with E-state index in [4.69, 9.17) is 21.1 Å². The van der Waals surface area contributed by atoms with Crippen molar-refractivity contribution in [2.24, 2.45) is 0 Å². The Bertz CT molecular complexity index is 658. The maximum absolute atomic E-state index is 13.9. The highest BCUT2D eigenvalue weighted by Crippen LogP contribution is 2.32. The Balaban J connectivity index is 2.21. The van der Waals surface area contributed by atoms with Gasteiger partial charge in [-0.15, -0.1) is 0 Å². The maximum Gasteiger partial charge on any atom is 0.166 e. The first kappa shape index (κ1) is 18.6. The lowest BCUT2D eigenvalue weighted by molar-refractivity contribution is 0.275. The van der Waals surface area contributed by atoms with Gasteiger partial charge < -0.3 is 14.8 Å². The lowest BCUT2D eigenvalue weighted by atomic mass is 10.1. The Hall–Kier alpha value is -1.78. The summed E-state index contributed by atoms with van der Waals surface area (Å²) in [5, 5.41) is 3.78. The van der Waals surface area contributed by atoms with Crippen LogP contribution in [0.15, 0.2) is 36.4 Å². The standard InChI is InChI=1S/C19H23ClFNO2/c1-4-13(2)22-11-14-7-5-10-18(23-3)19(14)24-12-15-16(20)8-6-9-17(15)21/h5-10,13,22H,4,11-12H2,1-3H3/t13-/m0/s1. The second-order valence-corrected chi connectivity index (χ2v) is 6.03. The van der Waals surface area contributed by atoms with Crippen LogP contribution in [0.1, 0.15) is 31.4 Å². The van der Waals surface area contributed by atoms with Gasteiger partial charge in [0.05, 0.1) is 12.1 Å². The zero-order valence-corrected chi connectivity index (χ0v) is 15.0. The molecule has 0 aliphatic heterocycles. The number of para-hydroxylation sites is 1. The maximum atomic E-state index is 13.9. The number of ether oxygens (including phenoxy) is 2. The smallest absolute Gasteiger partial charge is 0.166 e. The van der Waals surface area contributed by atoms with Crippen LogP contribution < -0.4 is 14.8 Å². The molecule has 0 saturated carbocycles. The molecule has 0 spiro atoms. The molecule has 0 bridgehead atoms. The third-order valence-corrected chi connectivity index (χ3v) is 4.31. The van der Waals surface area contributed by atoms with Gasteiger partial charge in [0.2, 0.25) is 0 Å². The molecule has 1 N–H and O–H groups in total. The second kappa shape index (κ2) is 8.90. The van der Waals surface area contributed by atoms with Crippen molar-refractivity contribution in [3.63, 3.8) is 0 Å². The van der Waals surface area contributed by atoms with Crippen LogP contribution in [-0.2, 0) is 13.2 Å². The molecule has 0 aliphatic carbocycles. The molecule has 5 heteroatoms. The summed E-state index contributed by atoms with van der Waals surface area (Å²) in [6, 6.07) is 10.7. The molecule has 1 atom stereocenters. The zero-order chi connectivity index (χ0) is 17.5. The van der Waals surface area contributed by atoms with Gasteiger partial charge in [-0.1, -0.05) is 36.7 Å². The SMILES string of the molecule is CC[C@H](C)NCc1cccc(OC)c1OCc1c(F)cccc1Cl. The fourth-order valence-corrected chi connectivity index (χ4v) is 2.49. The molecule has 0 fully saturated rings. The normalized spacial score (nSPS) is 12.0. The van der Waals surface area contributed by atoms with Crippen molar-refractivity contribution < 1.29 is 13.9 Å². The van der Waals surface area contributed by atoms with Gasteiger partial charge in [0.25, 0.3) is 0 Å². The van der Waals surface area contributed by atoms with E-state index in [2.05, 4.69) is 19.2 Å². The molecule has 0 heterocycles. The average Bonchev–Trinajstić information content (AvgIpc) is 2.59. The number of nitrogens with one attached hydrogen (secondary N) is 1. The largest absolute Gasteiger partial charge is 0.493 e. The zero-order valence-electron chi connectivity index (χ0n) is 14.2. The third kappa shape index (κ3) is 4.62. The van der Waals surface area contributed by atoms with Crippen LogP contribution in [0.4, 0.5) is 4.39 Å². The van der Waals surface area contributed by atoms with Crippen molar-refractivity contribution in [1.82, 2.24) is 5.32 Å². The quantitative estimate of drug-likeness (QED) is 0.729. The third-order valence-electron chi connectivity index (χ3n) is 3.96. The summed E-state index contributed by atoms with van der Waals surface area (Å²) in [6.07, 6.45) is 1.03. The van der Waals surface area contributed by atoms with E-state index in [1.807, 2.05) is 18.2 Å². The first-order valence-electron chi connectivity index (χ1n) is 8.01. The number of hydrogen-bond donors (Lipinski definition) is 1. The van der Waals surface area contributed by atoms with Crippen molar-refractivity contribution in [3.05, 3.63) is 58.4 Å². The molecule has 3 nitrogen and oxygen atoms in total. The molecule has 24 heavy (non-hydrogen) atoms. The van der Waals surface area contributed by atoms with Crippen LogP contribution in [0.25, 0.3) is 0 Å². The predicted octanol–water partition coefficient (Wildman–Crippen LogP) is 4.95. The van der Waals surface area contributed by atoms with Crippen LogP contribution in [0.3, 0.4) is 0 Å². The van der Waals surface area contributed by atoms with Gasteiger partial charge in [-0.05, 0) is 31.5 Å². The first-order valence-corrected chi connectivity index (χ1v) is 8.39. The van der Waals surface area contributed by atoms with Gasteiger partial charge in [-0.25, -0.2) is 4.39 Å². The second-order valence-electron chi connectivity index (χ2n) is 5.63. The minimum Gasteiger partial charge on any atom is -0.493 e. The van der Waals surface area contributed by atoms with E-state index in [1.54, 1.807) is 19.2 Å². The summed E-state index contributed by atoms with van der Waals surface area (Å²) in [4.78, 5) is 0. The fourth-order valence-electron chi connectivity index (χ4n) is 2.27. The highest BCUT2D eigenvalue weighted by molar-refractivity contribution is 6.31. The number of rotatable bonds is 8. The molecule has 0 aliphatic rings. The molecule has 0 radical (unpaired) electrons. The Morgan fingerprint density at radius 1 is 1.21 bits per heavy atom. The van der Waals surface area contributed by atoms with Gasteiger partial charge in [0.15, 0.2) is 11.5 Å². The summed E-state index contributed by atoms with van der Waals surface area (Å²) < 4.78 is 25.2. The summed E-state index contributed by atoms with van der Waals surface area (Å²) in [5.74, 6) is 0.845. The minimum absolute atomic E-state index is 0.0439. The van der Waals surface area contributed by atoms with E-state index in [-0.39, 0.29) is 12.4 Å². The molecule has 2 aromatic carbocycles. The van der Waals surface area contributed by atoms with Crippen molar-refractivity contribution >= 4 is 11.6 Å². The van der Waals surface area contributed by atoms with Gasteiger partial charge in [-0.3, -0.25) is 0 Å². The summed E-state index contributed by atoms with van der Waals surface area (Å²) in [7, 11) is 1.59. The van der Waals surface area contributed by atoms with Gasteiger partial charge in [-0.2, -0.15) is 0 Å². The molecule has 130 valence electrons. The highest BCUT2D eigenvalue weighted by atomic mass is 35.5. The van der Waals surface area contributed by atoms with Crippen LogP contribution in [0, 0.1) is 5.82 Å². The van der Waals surface area contributed by atoms with E-state index < -0.39 is 0 Å². The average molecular weight is 352 g/mol. The topological polar surface area (TPSA) is 30.5 Å². The van der Waals surface area contributed by atoms with E-state index in [9.17, 15) is 4.39 Å². The highest BCUT2D eigenvalue weighted by Gasteiger charge is 2.14. The Labute approximate surface area is 147 Å². The number of hydrogen-bond acceptors (Lipinski definition) is 3. The van der Waals surface area contributed by atoms with E-state index in [0.717, 1.165) is 12.0 Å². The van der Waals surface area contributed by atoms with Crippen molar-refractivity contribution in [3.8, 4) is 11.5 Å². The minimum atomic E-state index is -0.378. The molecular formula is C19H23ClFNO2.